The first-order chi connectivity index (χ1) is 13.0. The van der Waals surface area contributed by atoms with Crippen molar-refractivity contribution >= 4 is 6.09 Å². The van der Waals surface area contributed by atoms with E-state index in [1.54, 1.807) is 4.90 Å². The first-order valence-electron chi connectivity index (χ1n) is 9.44. The van der Waals surface area contributed by atoms with Crippen molar-refractivity contribution in [1.82, 2.24) is 9.80 Å². The molecule has 5 heteroatoms. The monoisotopic (exact) mass is 366 g/mol. The summed E-state index contributed by atoms with van der Waals surface area (Å²) >= 11 is 0. The van der Waals surface area contributed by atoms with E-state index in [1.165, 1.54) is 22.3 Å². The van der Waals surface area contributed by atoms with Crippen molar-refractivity contribution in [2.24, 2.45) is 0 Å². The molecule has 1 unspecified atom stereocenters. The normalized spacial score (nSPS) is 21.4. The molecule has 1 aliphatic carbocycles. The van der Waals surface area contributed by atoms with E-state index in [4.69, 9.17) is 4.74 Å². The predicted octanol–water partition coefficient (Wildman–Crippen LogP) is 2.93. The van der Waals surface area contributed by atoms with Crippen molar-refractivity contribution in [2.75, 3.05) is 40.3 Å². The average molecular weight is 366 g/mol. The molecular formula is C22H26N2O3. The summed E-state index contributed by atoms with van der Waals surface area (Å²) in [6.45, 7) is 1.71. The molecule has 1 heterocycles. The molecule has 142 valence electrons. The minimum atomic E-state index is -0.852. The van der Waals surface area contributed by atoms with E-state index in [9.17, 15) is 9.90 Å². The first-order valence-corrected chi connectivity index (χ1v) is 9.44. The number of benzene rings is 2. The molecule has 1 fully saturated rings. The molecule has 0 saturated carbocycles. The number of amides is 1. The second-order valence-electron chi connectivity index (χ2n) is 7.94. The van der Waals surface area contributed by atoms with Crippen LogP contribution in [-0.2, 0) is 4.74 Å². The quantitative estimate of drug-likeness (QED) is 0.904. The number of aliphatic hydroxyl groups is 1. The maximum atomic E-state index is 12.6. The van der Waals surface area contributed by atoms with Crippen molar-refractivity contribution in [3.8, 4) is 11.1 Å². The van der Waals surface area contributed by atoms with Crippen molar-refractivity contribution in [3.05, 3.63) is 59.7 Å². The fourth-order valence-electron chi connectivity index (χ4n) is 4.42. The van der Waals surface area contributed by atoms with Gasteiger partial charge in [0.1, 0.15) is 6.61 Å². The minimum Gasteiger partial charge on any atom is -0.448 e. The Bertz CT molecular complexity index is 805. The molecule has 1 N–H and O–H groups in total. The summed E-state index contributed by atoms with van der Waals surface area (Å²) in [5, 5.41) is 10.6. The number of likely N-dealkylation sites (N-methyl/N-ethyl adjacent to an activating group) is 1. The van der Waals surface area contributed by atoms with E-state index in [-0.39, 0.29) is 12.0 Å². The summed E-state index contributed by atoms with van der Waals surface area (Å²) in [5.74, 6) is 0.0598. The molecule has 1 aliphatic heterocycles. The van der Waals surface area contributed by atoms with Gasteiger partial charge in [-0.3, -0.25) is 0 Å². The van der Waals surface area contributed by atoms with Gasteiger partial charge in [0.2, 0.25) is 0 Å². The Labute approximate surface area is 160 Å². The predicted molar refractivity (Wildman–Crippen MR) is 105 cm³/mol. The van der Waals surface area contributed by atoms with Crippen LogP contribution in [0.2, 0.25) is 0 Å². The lowest BCUT2D eigenvalue weighted by atomic mass is 9.98. The molecule has 0 aromatic heterocycles. The molecule has 2 aliphatic rings. The summed E-state index contributed by atoms with van der Waals surface area (Å²) in [6.07, 6.45) is 0.238. The third-order valence-electron chi connectivity index (χ3n) is 5.54. The van der Waals surface area contributed by atoms with Gasteiger partial charge in [0, 0.05) is 19.0 Å². The summed E-state index contributed by atoms with van der Waals surface area (Å²) in [4.78, 5) is 16.1. The van der Waals surface area contributed by atoms with E-state index < -0.39 is 5.60 Å². The summed E-state index contributed by atoms with van der Waals surface area (Å²) in [5.41, 5.74) is 4.00. The van der Waals surface area contributed by atoms with Gasteiger partial charge in [-0.05, 0) is 42.8 Å². The lowest BCUT2D eigenvalue weighted by molar-refractivity contribution is 0.0225. The smallest absolute Gasteiger partial charge is 0.409 e. The highest BCUT2D eigenvalue weighted by Gasteiger charge is 2.39. The second-order valence-corrected chi connectivity index (χ2v) is 7.94. The second kappa shape index (κ2) is 6.98. The van der Waals surface area contributed by atoms with Crippen LogP contribution in [0.3, 0.4) is 0 Å². The molecule has 1 saturated heterocycles. The molecule has 2 aromatic carbocycles. The van der Waals surface area contributed by atoms with Crippen LogP contribution < -0.4 is 0 Å². The molecule has 0 radical (unpaired) electrons. The molecule has 0 spiro atoms. The van der Waals surface area contributed by atoms with Gasteiger partial charge in [0.05, 0.1) is 12.1 Å². The van der Waals surface area contributed by atoms with Gasteiger partial charge in [0.25, 0.3) is 0 Å². The third-order valence-corrected chi connectivity index (χ3v) is 5.54. The van der Waals surface area contributed by atoms with E-state index in [2.05, 4.69) is 24.3 Å². The Kier molecular flexibility index (Phi) is 4.66. The van der Waals surface area contributed by atoms with Crippen LogP contribution in [0.15, 0.2) is 48.5 Å². The van der Waals surface area contributed by atoms with Gasteiger partial charge in [-0.15, -0.1) is 0 Å². The zero-order valence-corrected chi connectivity index (χ0v) is 15.9. The van der Waals surface area contributed by atoms with E-state index >= 15 is 0 Å². The van der Waals surface area contributed by atoms with Crippen LogP contribution in [0.25, 0.3) is 11.1 Å². The standard InChI is InChI=1S/C22H26N2O3/c1-23(2)14-22(26)11-12-24(15-22)21(25)27-13-20-18-9-5-3-7-16(18)17-8-4-6-10-19(17)20/h3-10,20,26H,11-15H2,1-2H3. The lowest BCUT2D eigenvalue weighted by Gasteiger charge is -2.26. The third kappa shape index (κ3) is 3.45. The first kappa shape index (κ1) is 18.0. The minimum absolute atomic E-state index is 0.0598. The van der Waals surface area contributed by atoms with E-state index in [1.807, 2.05) is 43.3 Å². The zero-order valence-electron chi connectivity index (χ0n) is 15.9. The molecule has 2 aromatic rings. The van der Waals surface area contributed by atoms with Crippen molar-refractivity contribution in [3.63, 3.8) is 0 Å². The number of β-amino-alcohol motifs (C(OH)–C–C–N with tert-alkyl or cyclic N) is 1. The molecule has 4 rings (SSSR count). The molecule has 5 nitrogen and oxygen atoms in total. The number of nitrogens with zero attached hydrogens (tertiary/aromatic N) is 2. The van der Waals surface area contributed by atoms with Gasteiger partial charge in [-0.2, -0.15) is 0 Å². The van der Waals surface area contributed by atoms with Gasteiger partial charge < -0.3 is 19.6 Å². The Balaban J connectivity index is 1.44. The number of hydrogen-bond donors (Lipinski definition) is 1. The lowest BCUT2D eigenvalue weighted by Crippen LogP contribution is -2.43. The largest absolute Gasteiger partial charge is 0.448 e. The van der Waals surface area contributed by atoms with Crippen LogP contribution in [0, 0.1) is 0 Å². The number of hydrogen-bond acceptors (Lipinski definition) is 4. The van der Waals surface area contributed by atoms with Crippen molar-refractivity contribution < 1.29 is 14.6 Å². The van der Waals surface area contributed by atoms with Crippen LogP contribution in [-0.4, -0.2) is 66.9 Å². The van der Waals surface area contributed by atoms with Gasteiger partial charge >= 0.3 is 6.09 Å². The Morgan fingerprint density at radius 2 is 1.74 bits per heavy atom. The maximum absolute atomic E-state index is 12.6. The van der Waals surface area contributed by atoms with Crippen LogP contribution in [0.1, 0.15) is 23.5 Å². The van der Waals surface area contributed by atoms with Crippen molar-refractivity contribution in [1.29, 1.82) is 0 Å². The number of carbonyl (C=O) groups is 1. The van der Waals surface area contributed by atoms with Gasteiger partial charge in [0.15, 0.2) is 0 Å². The Morgan fingerprint density at radius 1 is 1.15 bits per heavy atom. The highest BCUT2D eigenvalue weighted by molar-refractivity contribution is 5.79. The van der Waals surface area contributed by atoms with Gasteiger partial charge in [-0.25, -0.2) is 4.79 Å². The fourth-order valence-corrected chi connectivity index (χ4v) is 4.42. The molecule has 0 bridgehead atoms. The zero-order chi connectivity index (χ0) is 19.0. The number of rotatable bonds is 4. The van der Waals surface area contributed by atoms with Gasteiger partial charge in [-0.1, -0.05) is 48.5 Å². The van der Waals surface area contributed by atoms with E-state index in [0.29, 0.717) is 32.7 Å². The Morgan fingerprint density at radius 3 is 2.33 bits per heavy atom. The number of carbonyl (C=O) groups excluding carboxylic acids is 1. The number of fused-ring (bicyclic) bond motifs is 3. The summed E-state index contributed by atoms with van der Waals surface area (Å²) in [7, 11) is 3.85. The molecule has 1 atom stereocenters. The average Bonchev–Trinajstić information content (AvgIpc) is 3.18. The number of ether oxygens (including phenoxy) is 1. The van der Waals surface area contributed by atoms with E-state index in [0.717, 1.165) is 0 Å². The maximum Gasteiger partial charge on any atom is 0.409 e. The van der Waals surface area contributed by atoms with Crippen LogP contribution >= 0.6 is 0 Å². The molecule has 1 amide bonds. The van der Waals surface area contributed by atoms with Crippen LogP contribution in [0.5, 0.6) is 0 Å². The molecule has 27 heavy (non-hydrogen) atoms. The molecular weight excluding hydrogens is 340 g/mol. The summed E-state index contributed by atoms with van der Waals surface area (Å²) < 4.78 is 5.68. The topological polar surface area (TPSA) is 53.0 Å². The SMILES string of the molecule is CN(C)CC1(O)CCN(C(=O)OCC2c3ccccc3-c3ccccc32)C1. The number of likely N-dealkylation sites (tertiary alicyclic amines) is 1. The Hall–Kier alpha value is -2.37. The summed E-state index contributed by atoms with van der Waals surface area (Å²) in [6, 6.07) is 16.6. The van der Waals surface area contributed by atoms with Crippen LogP contribution in [0.4, 0.5) is 4.79 Å². The fraction of sp³-hybridized carbons (Fsp3) is 0.409. The highest BCUT2D eigenvalue weighted by atomic mass is 16.6. The van der Waals surface area contributed by atoms with Crippen molar-refractivity contribution in [2.45, 2.75) is 17.9 Å². The highest BCUT2D eigenvalue weighted by Crippen LogP contribution is 2.44.